The van der Waals surface area contributed by atoms with Gasteiger partial charge in [-0.05, 0) is 47.4 Å². The first-order valence-electron chi connectivity index (χ1n) is 8.12. The molecule has 0 radical (unpaired) electrons. The zero-order valence-electron chi connectivity index (χ0n) is 14.3. The molecule has 0 aliphatic heterocycles. The van der Waals surface area contributed by atoms with Gasteiger partial charge in [-0.1, -0.05) is 18.2 Å². The lowest BCUT2D eigenvalue weighted by Crippen LogP contribution is -2.20. The summed E-state index contributed by atoms with van der Waals surface area (Å²) in [4.78, 5) is 3.01. The highest BCUT2D eigenvalue weighted by Crippen LogP contribution is 2.31. The Labute approximate surface area is 156 Å². The third-order valence-corrected chi connectivity index (χ3v) is 5.18. The Kier molecular flexibility index (Phi) is 5.34. The minimum atomic E-state index is 0.114. The number of hydrogen-bond donors (Lipinski definition) is 1. The van der Waals surface area contributed by atoms with E-state index in [1.807, 2.05) is 24.1 Å². The van der Waals surface area contributed by atoms with Gasteiger partial charge in [0.2, 0.25) is 0 Å². The number of anilines is 1. The van der Waals surface area contributed by atoms with Crippen molar-refractivity contribution in [3.05, 3.63) is 64.5 Å². The first kappa shape index (κ1) is 17.7. The van der Waals surface area contributed by atoms with Gasteiger partial charge in [0.15, 0.2) is 0 Å². The van der Waals surface area contributed by atoms with Crippen molar-refractivity contribution in [2.45, 2.75) is 0 Å². The number of nitrogens with zero attached hydrogens (tertiary/aromatic N) is 3. The molecule has 0 spiro atoms. The number of fused-ring (bicyclic) bond motifs is 1. The van der Waals surface area contributed by atoms with E-state index in [1.165, 1.54) is 0 Å². The first-order valence-corrected chi connectivity index (χ1v) is 8.94. The molecular formula is C21H17N3OS. The molecule has 0 amide bonds. The van der Waals surface area contributed by atoms with Crippen LogP contribution < -0.4 is 4.90 Å². The van der Waals surface area contributed by atoms with Crippen molar-refractivity contribution in [3.63, 3.8) is 0 Å². The van der Waals surface area contributed by atoms with Crippen LogP contribution in [0.2, 0.25) is 0 Å². The predicted molar refractivity (Wildman–Crippen MR) is 107 cm³/mol. The SMILES string of the molecule is CN(CCO)c1ccc2cc(/C=C(\C#N)c3ccc(C#N)cc3)sc2c1. The molecule has 26 heavy (non-hydrogen) atoms. The van der Waals surface area contributed by atoms with Crippen molar-refractivity contribution in [1.29, 1.82) is 10.5 Å². The maximum absolute atomic E-state index is 9.51. The van der Waals surface area contributed by atoms with Crippen LogP contribution in [0.4, 0.5) is 5.69 Å². The summed E-state index contributed by atoms with van der Waals surface area (Å²) in [5.74, 6) is 0. The lowest BCUT2D eigenvalue weighted by Gasteiger charge is -2.17. The molecule has 0 fully saturated rings. The van der Waals surface area contributed by atoms with Crippen molar-refractivity contribution in [2.24, 2.45) is 0 Å². The highest BCUT2D eigenvalue weighted by atomic mass is 32.1. The molecule has 0 atom stereocenters. The number of rotatable bonds is 5. The van der Waals surface area contributed by atoms with Crippen LogP contribution in [0.25, 0.3) is 21.7 Å². The molecule has 1 N–H and O–H groups in total. The second kappa shape index (κ2) is 7.84. The minimum Gasteiger partial charge on any atom is -0.395 e. The quantitative estimate of drug-likeness (QED) is 0.691. The highest BCUT2D eigenvalue weighted by Gasteiger charge is 2.07. The van der Waals surface area contributed by atoms with E-state index in [0.717, 1.165) is 26.2 Å². The van der Waals surface area contributed by atoms with Crippen molar-refractivity contribution >= 4 is 38.8 Å². The lowest BCUT2D eigenvalue weighted by molar-refractivity contribution is 0.304. The average Bonchev–Trinajstić information content (AvgIpc) is 3.08. The maximum atomic E-state index is 9.51. The van der Waals surface area contributed by atoms with Crippen molar-refractivity contribution < 1.29 is 5.11 Å². The Bertz CT molecular complexity index is 1040. The van der Waals surface area contributed by atoms with Gasteiger partial charge in [-0.25, -0.2) is 0 Å². The number of allylic oxidation sites excluding steroid dienone is 1. The van der Waals surface area contributed by atoms with Crippen LogP contribution in [0.1, 0.15) is 16.0 Å². The molecule has 2 aromatic carbocycles. The normalized spacial score (nSPS) is 11.2. The molecule has 128 valence electrons. The molecule has 0 aliphatic rings. The van der Waals surface area contributed by atoms with E-state index < -0.39 is 0 Å². The summed E-state index contributed by atoms with van der Waals surface area (Å²) in [6.07, 6.45) is 1.88. The van der Waals surface area contributed by atoms with Crippen LogP contribution in [0.15, 0.2) is 48.5 Å². The van der Waals surface area contributed by atoms with Crippen LogP contribution >= 0.6 is 11.3 Å². The van der Waals surface area contributed by atoms with Gasteiger partial charge < -0.3 is 10.0 Å². The zero-order chi connectivity index (χ0) is 18.5. The van der Waals surface area contributed by atoms with Crippen LogP contribution in [0.3, 0.4) is 0 Å². The standard InChI is InChI=1S/C21H17N3OS/c1-24(8-9-25)19-7-6-17-10-20(26-21(17)12-19)11-18(14-23)16-4-2-15(13-22)3-5-16/h2-7,10-12,25H,8-9H2,1H3/b18-11+. The van der Waals surface area contributed by atoms with Gasteiger partial charge >= 0.3 is 0 Å². The molecular weight excluding hydrogens is 342 g/mol. The lowest BCUT2D eigenvalue weighted by atomic mass is 10.0. The van der Waals surface area contributed by atoms with E-state index in [-0.39, 0.29) is 6.61 Å². The fourth-order valence-electron chi connectivity index (χ4n) is 2.67. The van der Waals surface area contributed by atoms with Gasteiger partial charge in [0, 0.05) is 28.9 Å². The maximum Gasteiger partial charge on any atom is 0.0998 e. The Hall–Kier alpha value is -3.12. The fraction of sp³-hybridized carbons (Fsp3) is 0.143. The van der Waals surface area contributed by atoms with Crippen molar-refractivity contribution in [1.82, 2.24) is 0 Å². The summed E-state index contributed by atoms with van der Waals surface area (Å²) in [6.45, 7) is 0.698. The molecule has 1 heterocycles. The average molecular weight is 359 g/mol. The second-order valence-corrected chi connectivity index (χ2v) is 6.99. The van der Waals surface area contributed by atoms with Crippen LogP contribution in [-0.2, 0) is 0 Å². The Morgan fingerprint density at radius 1 is 1.15 bits per heavy atom. The monoisotopic (exact) mass is 359 g/mol. The first-order chi connectivity index (χ1) is 12.6. The third-order valence-electron chi connectivity index (χ3n) is 4.13. The molecule has 3 aromatic rings. The predicted octanol–water partition coefficient (Wildman–Crippen LogP) is 4.27. The number of aliphatic hydroxyl groups excluding tert-OH is 1. The van der Waals surface area contributed by atoms with Gasteiger partial charge in [-0.3, -0.25) is 0 Å². The molecule has 3 rings (SSSR count). The van der Waals surface area contributed by atoms with Crippen molar-refractivity contribution in [3.8, 4) is 12.1 Å². The van der Waals surface area contributed by atoms with Gasteiger partial charge in [-0.15, -0.1) is 11.3 Å². The molecule has 4 nitrogen and oxygen atoms in total. The third kappa shape index (κ3) is 3.75. The number of benzene rings is 2. The zero-order valence-corrected chi connectivity index (χ0v) is 15.1. The summed E-state index contributed by atoms with van der Waals surface area (Å²) < 4.78 is 1.13. The van der Waals surface area contributed by atoms with E-state index >= 15 is 0 Å². The second-order valence-electron chi connectivity index (χ2n) is 5.88. The largest absolute Gasteiger partial charge is 0.395 e. The molecule has 0 aliphatic carbocycles. The Morgan fingerprint density at radius 2 is 1.92 bits per heavy atom. The van der Waals surface area contributed by atoms with Crippen molar-refractivity contribution in [2.75, 3.05) is 25.1 Å². The van der Waals surface area contributed by atoms with E-state index in [9.17, 15) is 5.26 Å². The number of aliphatic hydroxyl groups is 1. The van der Waals surface area contributed by atoms with Gasteiger partial charge in [0.25, 0.3) is 0 Å². The molecule has 5 heteroatoms. The Morgan fingerprint density at radius 3 is 2.58 bits per heavy atom. The van der Waals surface area contributed by atoms with E-state index in [4.69, 9.17) is 10.4 Å². The van der Waals surface area contributed by atoms with Crippen LogP contribution in [-0.4, -0.2) is 25.3 Å². The smallest absolute Gasteiger partial charge is 0.0998 e. The molecule has 0 unspecified atom stereocenters. The molecule has 0 saturated heterocycles. The van der Waals surface area contributed by atoms with Gasteiger partial charge in [0.05, 0.1) is 29.9 Å². The van der Waals surface area contributed by atoms with E-state index in [1.54, 1.807) is 35.6 Å². The Balaban J connectivity index is 1.94. The molecule has 1 aromatic heterocycles. The summed E-state index contributed by atoms with van der Waals surface area (Å²) in [5.41, 5.74) is 3.00. The van der Waals surface area contributed by atoms with Crippen LogP contribution in [0, 0.1) is 22.7 Å². The fourth-order valence-corrected chi connectivity index (χ4v) is 3.72. The number of hydrogen-bond acceptors (Lipinski definition) is 5. The minimum absolute atomic E-state index is 0.114. The summed E-state index contributed by atoms with van der Waals surface area (Å²) in [7, 11) is 1.95. The van der Waals surface area contributed by atoms with Crippen LogP contribution in [0.5, 0.6) is 0 Å². The van der Waals surface area contributed by atoms with Gasteiger partial charge in [0.1, 0.15) is 0 Å². The number of thiophene rings is 1. The summed E-state index contributed by atoms with van der Waals surface area (Å²) in [6, 6.07) is 19.6. The highest BCUT2D eigenvalue weighted by molar-refractivity contribution is 7.19. The van der Waals surface area contributed by atoms with Gasteiger partial charge in [-0.2, -0.15) is 10.5 Å². The summed E-state index contributed by atoms with van der Waals surface area (Å²) in [5, 5.41) is 28.6. The number of likely N-dealkylation sites (N-methyl/N-ethyl adjacent to an activating group) is 1. The molecule has 0 saturated carbocycles. The summed E-state index contributed by atoms with van der Waals surface area (Å²) >= 11 is 1.62. The topological polar surface area (TPSA) is 71.0 Å². The number of nitriles is 2. The van der Waals surface area contributed by atoms with E-state index in [0.29, 0.717) is 17.7 Å². The molecule has 0 bridgehead atoms. The van der Waals surface area contributed by atoms with E-state index in [2.05, 4.69) is 30.3 Å².